The zero-order valence-corrected chi connectivity index (χ0v) is 15.8. The van der Waals surface area contributed by atoms with Gasteiger partial charge in [-0.25, -0.2) is 0 Å². The molecule has 1 aromatic carbocycles. The zero-order chi connectivity index (χ0) is 19.5. The molecule has 1 aromatic heterocycles. The average molecular weight is 385 g/mol. The van der Waals surface area contributed by atoms with Crippen LogP contribution in [0.4, 0.5) is 5.82 Å². The third-order valence-electron chi connectivity index (χ3n) is 5.11. The van der Waals surface area contributed by atoms with Crippen molar-refractivity contribution in [2.45, 2.75) is 45.1 Å². The van der Waals surface area contributed by atoms with Gasteiger partial charge in [0.15, 0.2) is 17.3 Å². The first kappa shape index (κ1) is 18.3. The number of carbonyl (C=O) groups excluding carboxylic acids is 2. The third kappa shape index (κ3) is 3.95. The molecule has 1 aliphatic heterocycles. The van der Waals surface area contributed by atoms with Crippen molar-refractivity contribution in [3.05, 3.63) is 35.6 Å². The standard InChI is InChI=1S/C20H23N3O5/c1-13-9-18(22-28-13)21-19(24)11-23(15-5-3-2-4-6-15)20(25)14-7-8-16-17(10-14)27-12-26-16/h7-10,15H,2-6,11-12H2,1H3,(H,21,22,24). The Labute approximate surface area is 162 Å². The third-order valence-corrected chi connectivity index (χ3v) is 5.11. The van der Waals surface area contributed by atoms with E-state index >= 15 is 0 Å². The number of benzene rings is 1. The van der Waals surface area contributed by atoms with Gasteiger partial charge in [-0.15, -0.1) is 0 Å². The van der Waals surface area contributed by atoms with Crippen LogP contribution in [0.25, 0.3) is 0 Å². The Bertz CT molecular complexity index is 872. The molecule has 0 radical (unpaired) electrons. The van der Waals surface area contributed by atoms with E-state index in [0.29, 0.717) is 28.6 Å². The lowest BCUT2D eigenvalue weighted by Gasteiger charge is -2.34. The SMILES string of the molecule is Cc1cc(NC(=O)CN(C(=O)c2ccc3c(c2)OCO3)C2CCCCC2)no1. The summed E-state index contributed by atoms with van der Waals surface area (Å²) < 4.78 is 15.7. The van der Waals surface area contributed by atoms with Crippen molar-refractivity contribution in [2.24, 2.45) is 0 Å². The van der Waals surface area contributed by atoms with Crippen LogP contribution in [0.3, 0.4) is 0 Å². The summed E-state index contributed by atoms with van der Waals surface area (Å²) in [5.74, 6) is 1.65. The Kier molecular flexibility index (Phi) is 5.18. The number of aryl methyl sites for hydroxylation is 1. The average Bonchev–Trinajstić information content (AvgIpc) is 3.34. The summed E-state index contributed by atoms with van der Waals surface area (Å²) in [6.45, 7) is 1.86. The molecule has 1 N–H and O–H groups in total. The van der Waals surface area contributed by atoms with E-state index in [0.717, 1.165) is 32.1 Å². The smallest absolute Gasteiger partial charge is 0.254 e. The second-order valence-corrected chi connectivity index (χ2v) is 7.16. The monoisotopic (exact) mass is 385 g/mol. The van der Waals surface area contributed by atoms with E-state index in [9.17, 15) is 9.59 Å². The molecule has 2 heterocycles. The first-order valence-electron chi connectivity index (χ1n) is 9.54. The minimum atomic E-state index is -0.298. The molecule has 1 saturated carbocycles. The minimum absolute atomic E-state index is 0.0378. The number of ether oxygens (including phenoxy) is 2. The van der Waals surface area contributed by atoms with Crippen LogP contribution in [0.15, 0.2) is 28.8 Å². The molecule has 0 bridgehead atoms. The molecule has 0 saturated heterocycles. The highest BCUT2D eigenvalue weighted by atomic mass is 16.7. The highest BCUT2D eigenvalue weighted by Crippen LogP contribution is 2.33. The van der Waals surface area contributed by atoms with Crippen molar-refractivity contribution in [1.82, 2.24) is 10.1 Å². The van der Waals surface area contributed by atoms with E-state index in [-0.39, 0.29) is 31.2 Å². The van der Waals surface area contributed by atoms with E-state index in [4.69, 9.17) is 14.0 Å². The fourth-order valence-corrected chi connectivity index (χ4v) is 3.72. The number of nitrogens with zero attached hydrogens (tertiary/aromatic N) is 2. The molecule has 28 heavy (non-hydrogen) atoms. The largest absolute Gasteiger partial charge is 0.454 e. The van der Waals surface area contributed by atoms with Crippen molar-refractivity contribution in [2.75, 3.05) is 18.7 Å². The minimum Gasteiger partial charge on any atom is -0.454 e. The highest BCUT2D eigenvalue weighted by Gasteiger charge is 2.29. The normalized spacial score (nSPS) is 16.0. The zero-order valence-electron chi connectivity index (χ0n) is 15.8. The molecule has 148 valence electrons. The van der Waals surface area contributed by atoms with Gasteiger partial charge in [0.25, 0.3) is 5.91 Å². The molecular weight excluding hydrogens is 362 g/mol. The summed E-state index contributed by atoms with van der Waals surface area (Å²) >= 11 is 0. The number of fused-ring (bicyclic) bond motifs is 1. The maximum Gasteiger partial charge on any atom is 0.254 e. The first-order chi connectivity index (χ1) is 13.6. The molecule has 8 nitrogen and oxygen atoms in total. The predicted octanol–water partition coefficient (Wildman–Crippen LogP) is 3.13. The van der Waals surface area contributed by atoms with Gasteiger partial charge in [0, 0.05) is 17.7 Å². The number of anilines is 1. The quantitative estimate of drug-likeness (QED) is 0.850. The summed E-state index contributed by atoms with van der Waals surface area (Å²) in [6.07, 6.45) is 5.06. The molecule has 0 spiro atoms. The summed E-state index contributed by atoms with van der Waals surface area (Å²) in [6, 6.07) is 6.80. The van der Waals surface area contributed by atoms with E-state index in [2.05, 4.69) is 10.5 Å². The molecular formula is C20H23N3O5. The van der Waals surface area contributed by atoms with Crippen LogP contribution < -0.4 is 14.8 Å². The fourth-order valence-electron chi connectivity index (χ4n) is 3.72. The Balaban J connectivity index is 1.52. The molecule has 2 aliphatic rings. The van der Waals surface area contributed by atoms with Crippen molar-refractivity contribution in [3.63, 3.8) is 0 Å². The van der Waals surface area contributed by atoms with Gasteiger partial charge in [-0.2, -0.15) is 0 Å². The van der Waals surface area contributed by atoms with Crippen LogP contribution in [-0.4, -0.2) is 41.3 Å². The number of carbonyl (C=O) groups is 2. The van der Waals surface area contributed by atoms with Crippen molar-refractivity contribution in [3.8, 4) is 11.5 Å². The number of rotatable bonds is 5. The summed E-state index contributed by atoms with van der Waals surface area (Å²) in [4.78, 5) is 27.5. The molecule has 2 aromatic rings. The highest BCUT2D eigenvalue weighted by molar-refractivity contribution is 5.99. The van der Waals surface area contributed by atoms with Gasteiger partial charge >= 0.3 is 0 Å². The van der Waals surface area contributed by atoms with Crippen molar-refractivity contribution >= 4 is 17.6 Å². The lowest BCUT2D eigenvalue weighted by atomic mass is 9.93. The maximum atomic E-state index is 13.3. The molecule has 8 heteroatoms. The van der Waals surface area contributed by atoms with Crippen molar-refractivity contribution in [1.29, 1.82) is 0 Å². The molecule has 1 aliphatic carbocycles. The van der Waals surface area contributed by atoms with Crippen LogP contribution in [-0.2, 0) is 4.79 Å². The lowest BCUT2D eigenvalue weighted by Crippen LogP contribution is -2.45. The van der Waals surface area contributed by atoms with Gasteiger partial charge in [0.05, 0.1) is 0 Å². The molecule has 2 amide bonds. The molecule has 1 fully saturated rings. The Morgan fingerprint density at radius 3 is 2.68 bits per heavy atom. The van der Waals surface area contributed by atoms with Gasteiger partial charge < -0.3 is 24.2 Å². The molecule has 0 atom stereocenters. The summed E-state index contributed by atoms with van der Waals surface area (Å²) in [7, 11) is 0. The van der Waals surface area contributed by atoms with Crippen molar-refractivity contribution < 1.29 is 23.6 Å². The van der Waals surface area contributed by atoms with E-state index in [1.54, 1.807) is 36.1 Å². The predicted molar refractivity (Wildman–Crippen MR) is 100 cm³/mol. The topological polar surface area (TPSA) is 93.9 Å². The number of aromatic nitrogens is 1. The van der Waals surface area contributed by atoms with Crippen LogP contribution in [0.2, 0.25) is 0 Å². The van der Waals surface area contributed by atoms with Gasteiger partial charge in [0.2, 0.25) is 12.7 Å². The van der Waals surface area contributed by atoms with Gasteiger partial charge in [-0.05, 0) is 38.0 Å². The lowest BCUT2D eigenvalue weighted by molar-refractivity contribution is -0.117. The number of hydrogen-bond acceptors (Lipinski definition) is 6. The second kappa shape index (κ2) is 7.92. The van der Waals surface area contributed by atoms with E-state index in [1.165, 1.54) is 0 Å². The molecule has 4 rings (SSSR count). The second-order valence-electron chi connectivity index (χ2n) is 7.16. The fraction of sp³-hybridized carbons (Fsp3) is 0.450. The number of amides is 2. The number of hydrogen-bond donors (Lipinski definition) is 1. The van der Waals surface area contributed by atoms with E-state index < -0.39 is 0 Å². The Morgan fingerprint density at radius 1 is 1.14 bits per heavy atom. The first-order valence-corrected chi connectivity index (χ1v) is 9.54. The molecule has 0 unspecified atom stereocenters. The maximum absolute atomic E-state index is 13.3. The van der Waals surface area contributed by atoms with Gasteiger partial charge in [0.1, 0.15) is 12.3 Å². The van der Waals surface area contributed by atoms with Crippen LogP contribution in [0.5, 0.6) is 11.5 Å². The number of nitrogens with one attached hydrogen (secondary N) is 1. The van der Waals surface area contributed by atoms with Crippen LogP contribution >= 0.6 is 0 Å². The summed E-state index contributed by atoms with van der Waals surface area (Å²) in [5, 5.41) is 6.48. The Hall–Kier alpha value is -3.03. The van der Waals surface area contributed by atoms with Gasteiger partial charge in [-0.3, -0.25) is 9.59 Å². The van der Waals surface area contributed by atoms with Crippen LogP contribution in [0.1, 0.15) is 48.2 Å². The van der Waals surface area contributed by atoms with Crippen LogP contribution in [0, 0.1) is 6.92 Å². The van der Waals surface area contributed by atoms with Gasteiger partial charge in [-0.1, -0.05) is 24.4 Å². The van der Waals surface area contributed by atoms with E-state index in [1.807, 2.05) is 0 Å². The Morgan fingerprint density at radius 2 is 1.93 bits per heavy atom. The summed E-state index contributed by atoms with van der Waals surface area (Å²) in [5.41, 5.74) is 0.486.